The molecule has 2 aromatic heterocycles. The third-order valence-electron chi connectivity index (χ3n) is 5.92. The first-order valence-corrected chi connectivity index (χ1v) is 9.30. The van der Waals surface area contributed by atoms with E-state index in [1.807, 2.05) is 12.1 Å². The SMILES string of the molecule is O=C(NCC[C@@H]1[C@H]2CN(c3ccccc3)C[C@@H]12)c1cc2cnccc2[nH]1. The molecule has 1 saturated heterocycles. The Morgan fingerprint density at radius 3 is 2.77 bits per heavy atom. The first-order chi connectivity index (χ1) is 12.8. The Balaban J connectivity index is 1.11. The molecule has 5 rings (SSSR count). The van der Waals surface area contributed by atoms with E-state index in [2.05, 4.69) is 50.5 Å². The van der Waals surface area contributed by atoms with Gasteiger partial charge in [-0.1, -0.05) is 18.2 Å². The minimum atomic E-state index is -0.0297. The second-order valence-corrected chi connectivity index (χ2v) is 7.42. The number of para-hydroxylation sites is 1. The average molecular weight is 346 g/mol. The second-order valence-electron chi connectivity index (χ2n) is 7.42. The first-order valence-electron chi connectivity index (χ1n) is 9.30. The molecule has 0 bridgehead atoms. The van der Waals surface area contributed by atoms with Crippen molar-refractivity contribution < 1.29 is 4.79 Å². The van der Waals surface area contributed by atoms with E-state index < -0.39 is 0 Å². The molecule has 5 nitrogen and oxygen atoms in total. The minimum Gasteiger partial charge on any atom is -0.371 e. The van der Waals surface area contributed by atoms with Crippen molar-refractivity contribution in [1.82, 2.24) is 15.3 Å². The third-order valence-corrected chi connectivity index (χ3v) is 5.92. The maximum absolute atomic E-state index is 12.3. The van der Waals surface area contributed by atoms with E-state index in [9.17, 15) is 4.79 Å². The van der Waals surface area contributed by atoms with Crippen molar-refractivity contribution in [2.24, 2.45) is 17.8 Å². The lowest BCUT2D eigenvalue weighted by Crippen LogP contribution is -2.27. The number of carbonyl (C=O) groups is 1. The van der Waals surface area contributed by atoms with Crippen LogP contribution in [0.2, 0.25) is 0 Å². The second kappa shape index (κ2) is 6.16. The predicted octanol–water partition coefficient (Wildman–Crippen LogP) is 3.07. The number of hydrogen-bond acceptors (Lipinski definition) is 3. The maximum atomic E-state index is 12.3. The molecule has 132 valence electrons. The molecule has 1 aliphatic heterocycles. The van der Waals surface area contributed by atoms with Crippen LogP contribution in [-0.4, -0.2) is 35.5 Å². The summed E-state index contributed by atoms with van der Waals surface area (Å²) < 4.78 is 0. The molecular formula is C21H22N4O. The number of benzene rings is 1. The van der Waals surface area contributed by atoms with Crippen LogP contribution < -0.4 is 10.2 Å². The normalized spacial score (nSPS) is 23.8. The van der Waals surface area contributed by atoms with Gasteiger partial charge in [-0.25, -0.2) is 0 Å². The summed E-state index contributed by atoms with van der Waals surface area (Å²) in [5.74, 6) is 2.33. The van der Waals surface area contributed by atoms with Crippen molar-refractivity contribution in [3.8, 4) is 0 Å². The van der Waals surface area contributed by atoms with Gasteiger partial charge in [0.05, 0.1) is 0 Å². The zero-order valence-electron chi connectivity index (χ0n) is 14.6. The van der Waals surface area contributed by atoms with Gasteiger partial charge in [0.15, 0.2) is 0 Å². The number of amides is 1. The molecule has 3 heterocycles. The Morgan fingerprint density at radius 2 is 2.00 bits per heavy atom. The molecule has 0 unspecified atom stereocenters. The van der Waals surface area contributed by atoms with Crippen LogP contribution in [0.25, 0.3) is 10.9 Å². The topological polar surface area (TPSA) is 61.0 Å². The molecule has 2 aliphatic rings. The van der Waals surface area contributed by atoms with Gasteiger partial charge in [-0.05, 0) is 48.4 Å². The van der Waals surface area contributed by atoms with E-state index >= 15 is 0 Å². The highest BCUT2D eigenvalue weighted by Gasteiger charge is 2.54. The summed E-state index contributed by atoms with van der Waals surface area (Å²) >= 11 is 0. The van der Waals surface area contributed by atoms with Gasteiger partial charge in [-0.2, -0.15) is 0 Å². The van der Waals surface area contributed by atoms with Crippen molar-refractivity contribution in [2.75, 3.05) is 24.5 Å². The van der Waals surface area contributed by atoms with Gasteiger partial charge in [-0.3, -0.25) is 9.78 Å². The van der Waals surface area contributed by atoms with Gasteiger partial charge < -0.3 is 15.2 Å². The molecule has 0 spiro atoms. The van der Waals surface area contributed by atoms with E-state index in [0.717, 1.165) is 54.7 Å². The van der Waals surface area contributed by atoms with Crippen LogP contribution in [0.5, 0.6) is 0 Å². The molecule has 3 atom stereocenters. The Kier molecular flexibility index (Phi) is 3.66. The van der Waals surface area contributed by atoms with Crippen LogP contribution >= 0.6 is 0 Å². The van der Waals surface area contributed by atoms with Crippen LogP contribution in [0, 0.1) is 17.8 Å². The van der Waals surface area contributed by atoms with E-state index in [1.165, 1.54) is 5.69 Å². The van der Waals surface area contributed by atoms with Gasteiger partial charge in [0.2, 0.25) is 0 Å². The number of aromatic nitrogens is 2. The Morgan fingerprint density at radius 1 is 1.19 bits per heavy atom. The largest absolute Gasteiger partial charge is 0.371 e. The number of carbonyl (C=O) groups excluding carboxylic acids is 1. The fourth-order valence-corrected chi connectivity index (χ4v) is 4.47. The average Bonchev–Trinajstić information content (AvgIpc) is 3.07. The molecule has 1 saturated carbocycles. The molecule has 1 aliphatic carbocycles. The first kappa shape index (κ1) is 15.4. The van der Waals surface area contributed by atoms with E-state index in [0.29, 0.717) is 5.69 Å². The van der Waals surface area contributed by atoms with Gasteiger partial charge in [0.25, 0.3) is 5.91 Å². The molecule has 0 radical (unpaired) electrons. The van der Waals surface area contributed by atoms with Crippen molar-refractivity contribution in [3.05, 3.63) is 60.6 Å². The van der Waals surface area contributed by atoms with E-state index in [-0.39, 0.29) is 5.91 Å². The van der Waals surface area contributed by atoms with Crippen molar-refractivity contribution in [2.45, 2.75) is 6.42 Å². The highest BCUT2D eigenvalue weighted by Crippen LogP contribution is 2.54. The molecule has 3 aromatic rings. The molecule has 26 heavy (non-hydrogen) atoms. The van der Waals surface area contributed by atoms with Crippen LogP contribution in [0.15, 0.2) is 54.9 Å². The lowest BCUT2D eigenvalue weighted by Gasteiger charge is -2.22. The lowest BCUT2D eigenvalue weighted by molar-refractivity contribution is 0.0948. The van der Waals surface area contributed by atoms with Gasteiger partial charge in [-0.15, -0.1) is 0 Å². The molecule has 1 amide bonds. The Labute approximate surface area is 152 Å². The zero-order valence-corrected chi connectivity index (χ0v) is 14.6. The van der Waals surface area contributed by atoms with Crippen LogP contribution in [0.1, 0.15) is 16.9 Å². The standard InChI is InChI=1S/C21H22N4O/c26-21(20-10-14-11-22-8-7-19(14)24-20)23-9-6-16-17-12-25(13-18(16)17)15-4-2-1-3-5-15/h1-5,7-8,10-11,16-18,24H,6,9,12-13H2,(H,23,26)/t16-,17-,18+. The molecule has 1 aromatic carbocycles. The number of piperidine rings is 1. The van der Waals surface area contributed by atoms with E-state index in [4.69, 9.17) is 0 Å². The quantitative estimate of drug-likeness (QED) is 0.746. The van der Waals surface area contributed by atoms with E-state index in [1.54, 1.807) is 12.4 Å². The van der Waals surface area contributed by atoms with Crippen molar-refractivity contribution >= 4 is 22.5 Å². The van der Waals surface area contributed by atoms with Crippen LogP contribution in [-0.2, 0) is 0 Å². The lowest BCUT2D eigenvalue weighted by atomic mass is 10.2. The number of pyridine rings is 1. The number of H-pyrrole nitrogens is 1. The fourth-order valence-electron chi connectivity index (χ4n) is 4.47. The van der Waals surface area contributed by atoms with Gasteiger partial charge in [0.1, 0.15) is 5.69 Å². The van der Waals surface area contributed by atoms with Crippen LogP contribution in [0.3, 0.4) is 0 Å². The Hall–Kier alpha value is -2.82. The molecular weight excluding hydrogens is 324 g/mol. The van der Waals surface area contributed by atoms with Crippen LogP contribution in [0.4, 0.5) is 5.69 Å². The highest BCUT2D eigenvalue weighted by atomic mass is 16.1. The number of anilines is 1. The summed E-state index contributed by atoms with van der Waals surface area (Å²) in [4.78, 5) is 22.1. The third kappa shape index (κ3) is 2.73. The number of aromatic amines is 1. The van der Waals surface area contributed by atoms with Gasteiger partial charge >= 0.3 is 0 Å². The number of fused-ring (bicyclic) bond motifs is 2. The van der Waals surface area contributed by atoms with Crippen molar-refractivity contribution in [1.29, 1.82) is 0 Å². The monoisotopic (exact) mass is 346 g/mol. The fraction of sp³-hybridized carbons (Fsp3) is 0.333. The number of nitrogens with one attached hydrogen (secondary N) is 2. The van der Waals surface area contributed by atoms with Crippen molar-refractivity contribution in [3.63, 3.8) is 0 Å². The predicted molar refractivity (Wildman–Crippen MR) is 102 cm³/mol. The summed E-state index contributed by atoms with van der Waals surface area (Å²) in [6.07, 6.45) is 4.57. The molecule has 2 N–H and O–H groups in total. The summed E-state index contributed by atoms with van der Waals surface area (Å²) in [6.45, 7) is 3.06. The summed E-state index contributed by atoms with van der Waals surface area (Å²) in [6, 6.07) is 14.4. The van der Waals surface area contributed by atoms with Gasteiger partial charge in [0, 0.05) is 48.6 Å². The highest BCUT2D eigenvalue weighted by molar-refractivity contribution is 5.97. The number of nitrogens with zero attached hydrogens (tertiary/aromatic N) is 2. The molecule has 2 fully saturated rings. The number of rotatable bonds is 5. The Bertz CT molecular complexity index is 890. The molecule has 5 heteroatoms. The minimum absolute atomic E-state index is 0.0297. The summed E-state index contributed by atoms with van der Waals surface area (Å²) in [7, 11) is 0. The zero-order chi connectivity index (χ0) is 17.5. The number of hydrogen-bond donors (Lipinski definition) is 2. The maximum Gasteiger partial charge on any atom is 0.267 e. The summed E-state index contributed by atoms with van der Waals surface area (Å²) in [5, 5.41) is 4.03. The smallest absolute Gasteiger partial charge is 0.267 e. The summed E-state index contributed by atoms with van der Waals surface area (Å²) in [5.41, 5.74) is 2.89.